The van der Waals surface area contributed by atoms with Crippen molar-refractivity contribution in [3.05, 3.63) is 72.9 Å². The zero-order valence-corrected chi connectivity index (χ0v) is 16.1. The van der Waals surface area contributed by atoms with Gasteiger partial charge in [-0.25, -0.2) is 4.52 Å². The second kappa shape index (κ2) is 7.24. The third-order valence-electron chi connectivity index (χ3n) is 5.82. The number of fused-ring (bicyclic) bond motifs is 1. The van der Waals surface area contributed by atoms with E-state index in [1.54, 1.807) is 11.8 Å². The van der Waals surface area contributed by atoms with Crippen LogP contribution in [0.2, 0.25) is 0 Å². The van der Waals surface area contributed by atoms with E-state index in [4.69, 9.17) is 5.10 Å². The van der Waals surface area contributed by atoms with E-state index in [2.05, 4.69) is 6.58 Å². The van der Waals surface area contributed by atoms with E-state index in [1.165, 1.54) is 6.08 Å². The molecule has 144 valence electrons. The summed E-state index contributed by atoms with van der Waals surface area (Å²) in [5.74, 6) is -0.158. The van der Waals surface area contributed by atoms with E-state index in [0.29, 0.717) is 13.0 Å². The first-order valence-electron chi connectivity index (χ1n) is 9.75. The van der Waals surface area contributed by atoms with E-state index in [-0.39, 0.29) is 5.91 Å². The van der Waals surface area contributed by atoms with Crippen LogP contribution >= 0.6 is 0 Å². The number of hydrogen-bond donors (Lipinski definition) is 1. The van der Waals surface area contributed by atoms with Gasteiger partial charge < -0.3 is 10.0 Å². The van der Waals surface area contributed by atoms with Crippen LogP contribution in [0.5, 0.6) is 0 Å². The number of carbonyl (C=O) groups is 1. The summed E-state index contributed by atoms with van der Waals surface area (Å²) >= 11 is 0. The topological polar surface area (TPSA) is 57.8 Å². The predicted molar refractivity (Wildman–Crippen MR) is 110 cm³/mol. The Hall–Kier alpha value is -2.92. The van der Waals surface area contributed by atoms with Crippen LogP contribution in [0.1, 0.15) is 31.7 Å². The third-order valence-corrected chi connectivity index (χ3v) is 5.82. The molecule has 2 aromatic heterocycles. The number of rotatable bonds is 4. The lowest BCUT2D eigenvalue weighted by atomic mass is 9.75. The highest BCUT2D eigenvalue weighted by atomic mass is 16.3. The summed E-state index contributed by atoms with van der Waals surface area (Å²) in [6, 6.07) is 15.9. The maximum Gasteiger partial charge on any atom is 0.246 e. The maximum absolute atomic E-state index is 12.8. The van der Waals surface area contributed by atoms with Crippen LogP contribution in [0.4, 0.5) is 0 Å². The van der Waals surface area contributed by atoms with Gasteiger partial charge in [0.05, 0.1) is 22.9 Å². The fourth-order valence-corrected chi connectivity index (χ4v) is 4.54. The molecule has 0 aliphatic carbocycles. The van der Waals surface area contributed by atoms with Crippen molar-refractivity contribution in [3.63, 3.8) is 0 Å². The molecule has 3 heterocycles. The summed E-state index contributed by atoms with van der Waals surface area (Å²) in [6.45, 7) is 6.06. The van der Waals surface area contributed by atoms with Crippen molar-refractivity contribution in [2.45, 2.75) is 37.8 Å². The number of amides is 1. The number of piperidine rings is 1. The Bertz CT molecular complexity index is 1010. The van der Waals surface area contributed by atoms with Gasteiger partial charge in [-0.2, -0.15) is 5.10 Å². The number of aliphatic hydroxyl groups excluding tert-OH is 1. The number of hydrogen-bond acceptors (Lipinski definition) is 3. The number of carbonyl (C=O) groups excluding carboxylic acids is 1. The SMILES string of the molecule is C=CC(=O)N1CCCCC1(c1c(-c2ccccc2)nn2ccccc12)C(C)O. The first-order valence-corrected chi connectivity index (χ1v) is 9.75. The van der Waals surface area contributed by atoms with Crippen molar-refractivity contribution < 1.29 is 9.90 Å². The van der Waals surface area contributed by atoms with Gasteiger partial charge in [0, 0.05) is 23.9 Å². The minimum absolute atomic E-state index is 0.158. The summed E-state index contributed by atoms with van der Waals surface area (Å²) in [5, 5.41) is 15.9. The molecule has 1 saturated heterocycles. The van der Waals surface area contributed by atoms with Gasteiger partial charge in [0.2, 0.25) is 5.91 Å². The van der Waals surface area contributed by atoms with E-state index in [1.807, 2.05) is 59.2 Å². The average molecular weight is 375 g/mol. The second-order valence-corrected chi connectivity index (χ2v) is 7.37. The van der Waals surface area contributed by atoms with E-state index >= 15 is 0 Å². The Morgan fingerprint density at radius 3 is 2.68 bits per heavy atom. The quantitative estimate of drug-likeness (QED) is 0.706. The van der Waals surface area contributed by atoms with Crippen molar-refractivity contribution in [3.8, 4) is 11.3 Å². The van der Waals surface area contributed by atoms with E-state index < -0.39 is 11.6 Å². The highest BCUT2D eigenvalue weighted by Crippen LogP contribution is 2.46. The van der Waals surface area contributed by atoms with Crippen LogP contribution in [0.15, 0.2) is 67.4 Å². The highest BCUT2D eigenvalue weighted by molar-refractivity contribution is 5.89. The molecule has 0 radical (unpaired) electrons. The zero-order valence-electron chi connectivity index (χ0n) is 16.1. The number of aromatic nitrogens is 2. The monoisotopic (exact) mass is 375 g/mol. The normalized spacial score (nSPS) is 20.9. The van der Waals surface area contributed by atoms with Crippen LogP contribution < -0.4 is 0 Å². The van der Waals surface area contributed by atoms with Crippen molar-refractivity contribution in [1.82, 2.24) is 14.5 Å². The molecule has 0 saturated carbocycles. The van der Waals surface area contributed by atoms with Gasteiger partial charge in [0.1, 0.15) is 0 Å². The summed E-state index contributed by atoms with van der Waals surface area (Å²) < 4.78 is 1.84. The Morgan fingerprint density at radius 1 is 1.21 bits per heavy atom. The van der Waals surface area contributed by atoms with Crippen molar-refractivity contribution >= 4 is 11.4 Å². The number of likely N-dealkylation sites (tertiary alicyclic amines) is 1. The van der Waals surface area contributed by atoms with Crippen LogP contribution in [0.3, 0.4) is 0 Å². The molecular formula is C23H25N3O2. The molecule has 0 bridgehead atoms. The van der Waals surface area contributed by atoms with Crippen LogP contribution in [-0.2, 0) is 10.3 Å². The summed E-state index contributed by atoms with van der Waals surface area (Å²) in [7, 11) is 0. The Kier molecular flexibility index (Phi) is 4.77. The lowest BCUT2D eigenvalue weighted by Gasteiger charge is -2.49. The number of aliphatic hydroxyl groups is 1. The second-order valence-electron chi connectivity index (χ2n) is 7.37. The van der Waals surface area contributed by atoms with Gasteiger partial charge in [-0.1, -0.05) is 43.0 Å². The Balaban J connectivity index is 2.07. The third kappa shape index (κ3) is 2.74. The summed E-state index contributed by atoms with van der Waals surface area (Å²) in [5.41, 5.74) is 2.74. The first-order chi connectivity index (χ1) is 13.6. The molecule has 1 amide bonds. The fourth-order valence-electron chi connectivity index (χ4n) is 4.54. The molecular weight excluding hydrogens is 350 g/mol. The van der Waals surface area contributed by atoms with Gasteiger partial charge in [0.25, 0.3) is 0 Å². The molecule has 3 aromatic rings. The molecule has 4 rings (SSSR count). The first kappa shape index (κ1) is 18.4. The highest BCUT2D eigenvalue weighted by Gasteiger charge is 2.49. The standard InChI is InChI=1S/C23H25N3O2/c1-3-20(28)25-15-10-8-14-23(25,17(2)27)21-19-13-7-9-16-26(19)24-22(21)18-11-5-4-6-12-18/h3-7,9,11-13,16-17,27H,1,8,10,14-15H2,2H3. The average Bonchev–Trinajstić information content (AvgIpc) is 3.13. The van der Waals surface area contributed by atoms with Gasteiger partial charge in [-0.05, 0) is 44.4 Å². The lowest BCUT2D eigenvalue weighted by molar-refractivity contribution is -0.142. The van der Waals surface area contributed by atoms with Crippen LogP contribution in [0.25, 0.3) is 16.8 Å². The maximum atomic E-state index is 12.8. The molecule has 1 fully saturated rings. The molecule has 28 heavy (non-hydrogen) atoms. The van der Waals surface area contributed by atoms with Crippen LogP contribution in [0, 0.1) is 0 Å². The predicted octanol–water partition coefficient (Wildman–Crippen LogP) is 3.78. The zero-order chi connectivity index (χ0) is 19.7. The van der Waals surface area contributed by atoms with Gasteiger partial charge >= 0.3 is 0 Å². The van der Waals surface area contributed by atoms with Gasteiger partial charge in [-0.3, -0.25) is 4.79 Å². The summed E-state index contributed by atoms with van der Waals surface area (Å²) in [4.78, 5) is 14.6. The molecule has 1 N–H and O–H groups in total. The van der Waals surface area contributed by atoms with E-state index in [9.17, 15) is 9.90 Å². The van der Waals surface area contributed by atoms with Crippen molar-refractivity contribution in [2.24, 2.45) is 0 Å². The van der Waals surface area contributed by atoms with E-state index in [0.717, 1.165) is 35.2 Å². The number of nitrogens with zero attached hydrogens (tertiary/aromatic N) is 3. The summed E-state index contributed by atoms with van der Waals surface area (Å²) in [6.07, 6.45) is 5.02. The van der Waals surface area contributed by atoms with Gasteiger partial charge in [-0.15, -0.1) is 0 Å². The molecule has 1 aromatic carbocycles. The molecule has 2 unspecified atom stereocenters. The van der Waals surface area contributed by atoms with Gasteiger partial charge in [0.15, 0.2) is 0 Å². The Labute approximate surface area is 164 Å². The molecule has 1 aliphatic rings. The smallest absolute Gasteiger partial charge is 0.246 e. The lowest BCUT2D eigenvalue weighted by Crippen LogP contribution is -2.57. The Morgan fingerprint density at radius 2 is 1.96 bits per heavy atom. The fraction of sp³-hybridized carbons (Fsp3) is 0.304. The minimum Gasteiger partial charge on any atom is -0.391 e. The largest absolute Gasteiger partial charge is 0.391 e. The van der Waals surface area contributed by atoms with Crippen molar-refractivity contribution in [1.29, 1.82) is 0 Å². The molecule has 1 aliphatic heterocycles. The molecule has 5 heteroatoms. The number of benzene rings is 1. The van der Waals surface area contributed by atoms with Crippen LogP contribution in [-0.4, -0.2) is 38.2 Å². The minimum atomic E-state index is -0.849. The number of pyridine rings is 1. The molecule has 0 spiro atoms. The van der Waals surface area contributed by atoms with Crippen molar-refractivity contribution in [2.75, 3.05) is 6.54 Å². The molecule has 5 nitrogen and oxygen atoms in total. The molecule has 2 atom stereocenters.